The van der Waals surface area contributed by atoms with Gasteiger partial charge in [-0.25, -0.2) is 0 Å². The highest BCUT2D eigenvalue weighted by Crippen LogP contribution is 2.19. The Balaban J connectivity index is 1.64. The third kappa shape index (κ3) is 3.15. The highest BCUT2D eigenvalue weighted by Gasteiger charge is 2.18. The fraction of sp³-hybridized carbons (Fsp3) is 0.421. The number of hydrogen-bond donors (Lipinski definition) is 2. The first-order chi connectivity index (χ1) is 12.2. The number of para-hydroxylation sites is 2. The first-order valence-corrected chi connectivity index (χ1v) is 8.90. The minimum atomic E-state index is -0.762. The molecule has 6 heteroatoms. The zero-order chi connectivity index (χ0) is 17.2. The first kappa shape index (κ1) is 16.2. The van der Waals surface area contributed by atoms with Crippen LogP contribution in [0.15, 0.2) is 47.1 Å². The molecule has 1 aliphatic heterocycles. The van der Waals surface area contributed by atoms with E-state index in [4.69, 9.17) is 9.83 Å². The van der Waals surface area contributed by atoms with E-state index in [1.165, 1.54) is 12.8 Å². The van der Waals surface area contributed by atoms with E-state index in [1.807, 2.05) is 33.4 Å². The summed E-state index contributed by atoms with van der Waals surface area (Å²) in [6.45, 7) is 4.38. The maximum atomic E-state index is 10.4. The normalized spacial score (nSPS) is 16.7. The molecule has 3 aromatic rings. The summed E-state index contributed by atoms with van der Waals surface area (Å²) in [6.07, 6.45) is 3.34. The van der Waals surface area contributed by atoms with Gasteiger partial charge in [0, 0.05) is 13.1 Å². The van der Waals surface area contributed by atoms with Gasteiger partial charge in [0.25, 0.3) is 0 Å². The van der Waals surface area contributed by atoms with Crippen LogP contribution < -0.4 is 5.62 Å². The standard InChI is InChI=1S/C19H24N4O2/c20-19-22(12-11-21-9-3-4-10-21)15-6-1-2-7-16(15)23(19)14-17(24)18-8-5-13-25-18/h1-2,5-8,13,17,20,24H,3-4,9-12,14H2/t17-/m1/s1. The summed E-state index contributed by atoms with van der Waals surface area (Å²) in [5, 5.41) is 19.1. The number of aliphatic hydroxyl groups is 1. The van der Waals surface area contributed by atoms with E-state index in [9.17, 15) is 5.11 Å². The Kier molecular flexibility index (Phi) is 4.46. The van der Waals surface area contributed by atoms with Crippen LogP contribution in [0.5, 0.6) is 0 Å². The lowest BCUT2D eigenvalue weighted by molar-refractivity contribution is 0.129. The molecule has 132 valence electrons. The van der Waals surface area contributed by atoms with Crippen molar-refractivity contribution < 1.29 is 9.52 Å². The number of nitrogens with zero attached hydrogens (tertiary/aromatic N) is 3. The zero-order valence-corrected chi connectivity index (χ0v) is 14.3. The second-order valence-corrected chi connectivity index (χ2v) is 6.65. The van der Waals surface area contributed by atoms with Gasteiger partial charge in [0.1, 0.15) is 11.9 Å². The smallest absolute Gasteiger partial charge is 0.203 e. The largest absolute Gasteiger partial charge is 0.467 e. The van der Waals surface area contributed by atoms with Gasteiger partial charge in [-0.1, -0.05) is 12.1 Å². The average Bonchev–Trinajstić information content (AvgIpc) is 3.36. The topological polar surface area (TPSA) is 70.3 Å². The van der Waals surface area contributed by atoms with E-state index in [-0.39, 0.29) is 0 Å². The van der Waals surface area contributed by atoms with Crippen LogP contribution in [0.25, 0.3) is 11.0 Å². The SMILES string of the molecule is N=c1n(CCN2CCCC2)c2ccccc2n1C[C@@H](O)c1ccco1. The summed E-state index contributed by atoms with van der Waals surface area (Å²) in [7, 11) is 0. The maximum Gasteiger partial charge on any atom is 0.203 e. The molecule has 2 aromatic heterocycles. The van der Waals surface area contributed by atoms with Gasteiger partial charge in [0.15, 0.2) is 0 Å². The molecule has 0 spiro atoms. The molecule has 2 N–H and O–H groups in total. The molecule has 0 radical (unpaired) electrons. The summed E-state index contributed by atoms with van der Waals surface area (Å²) < 4.78 is 9.21. The number of imidazole rings is 1. The van der Waals surface area contributed by atoms with E-state index in [0.717, 1.165) is 37.2 Å². The Hall–Kier alpha value is -2.31. The van der Waals surface area contributed by atoms with Gasteiger partial charge in [-0.3, -0.25) is 5.41 Å². The molecule has 3 heterocycles. The molecule has 0 saturated carbocycles. The van der Waals surface area contributed by atoms with Gasteiger partial charge < -0.3 is 23.6 Å². The molecule has 1 atom stereocenters. The maximum absolute atomic E-state index is 10.4. The van der Waals surface area contributed by atoms with Gasteiger partial charge in [-0.05, 0) is 50.2 Å². The number of likely N-dealkylation sites (tertiary alicyclic amines) is 1. The summed E-state index contributed by atoms with van der Waals surface area (Å²) in [4.78, 5) is 2.45. The number of rotatable bonds is 6. The Morgan fingerprint density at radius 2 is 1.72 bits per heavy atom. The number of hydrogen-bond acceptors (Lipinski definition) is 4. The van der Waals surface area contributed by atoms with Gasteiger partial charge in [-0.2, -0.15) is 0 Å². The van der Waals surface area contributed by atoms with E-state index >= 15 is 0 Å². The average molecular weight is 340 g/mol. The van der Waals surface area contributed by atoms with Crippen molar-refractivity contribution in [3.63, 3.8) is 0 Å². The van der Waals surface area contributed by atoms with Crippen LogP contribution in [0.3, 0.4) is 0 Å². The van der Waals surface area contributed by atoms with Crippen molar-refractivity contribution in [2.45, 2.75) is 32.0 Å². The number of furan rings is 1. The molecular formula is C19H24N4O2. The quantitative estimate of drug-likeness (QED) is 0.724. The molecule has 0 unspecified atom stereocenters. The number of aromatic nitrogens is 2. The Bertz CT molecular complexity index is 888. The van der Waals surface area contributed by atoms with Crippen LogP contribution in [0.4, 0.5) is 0 Å². The molecule has 25 heavy (non-hydrogen) atoms. The van der Waals surface area contributed by atoms with Crippen LogP contribution in [0.1, 0.15) is 24.7 Å². The van der Waals surface area contributed by atoms with Gasteiger partial charge in [0.2, 0.25) is 5.62 Å². The monoisotopic (exact) mass is 340 g/mol. The molecule has 0 bridgehead atoms. The zero-order valence-electron chi connectivity index (χ0n) is 14.3. The summed E-state index contributed by atoms with van der Waals surface area (Å²) in [5.74, 6) is 0.529. The number of fused-ring (bicyclic) bond motifs is 1. The predicted molar refractivity (Wildman–Crippen MR) is 95.1 cm³/mol. The molecule has 0 aliphatic carbocycles. The van der Waals surface area contributed by atoms with Crippen molar-refractivity contribution in [2.75, 3.05) is 19.6 Å². The Morgan fingerprint density at radius 1 is 1.00 bits per heavy atom. The molecule has 1 fully saturated rings. The lowest BCUT2D eigenvalue weighted by Gasteiger charge is -2.15. The fourth-order valence-electron chi connectivity index (χ4n) is 3.70. The predicted octanol–water partition coefficient (Wildman–Crippen LogP) is 2.34. The highest BCUT2D eigenvalue weighted by molar-refractivity contribution is 5.75. The summed E-state index contributed by atoms with van der Waals surface area (Å²) >= 11 is 0. The van der Waals surface area contributed by atoms with E-state index in [0.29, 0.717) is 17.9 Å². The van der Waals surface area contributed by atoms with Crippen LogP contribution in [-0.2, 0) is 13.1 Å². The highest BCUT2D eigenvalue weighted by atomic mass is 16.4. The van der Waals surface area contributed by atoms with Crippen LogP contribution in [-0.4, -0.2) is 38.8 Å². The molecule has 4 rings (SSSR count). The van der Waals surface area contributed by atoms with E-state index in [1.54, 1.807) is 18.4 Å². The molecule has 0 amide bonds. The third-order valence-electron chi connectivity index (χ3n) is 5.04. The third-order valence-corrected chi connectivity index (χ3v) is 5.04. The van der Waals surface area contributed by atoms with Crippen LogP contribution in [0, 0.1) is 5.41 Å². The molecule has 1 saturated heterocycles. The molecule has 6 nitrogen and oxygen atoms in total. The van der Waals surface area contributed by atoms with Crippen molar-refractivity contribution in [1.82, 2.24) is 14.0 Å². The molecule has 1 aromatic carbocycles. The second-order valence-electron chi connectivity index (χ2n) is 6.65. The lowest BCUT2D eigenvalue weighted by Crippen LogP contribution is -2.31. The molecular weight excluding hydrogens is 316 g/mol. The minimum absolute atomic E-state index is 0.309. The number of aliphatic hydroxyl groups excluding tert-OH is 1. The number of benzene rings is 1. The van der Waals surface area contributed by atoms with Crippen molar-refractivity contribution >= 4 is 11.0 Å². The Labute approximate surface area is 146 Å². The van der Waals surface area contributed by atoms with Gasteiger partial charge >= 0.3 is 0 Å². The first-order valence-electron chi connectivity index (χ1n) is 8.90. The minimum Gasteiger partial charge on any atom is -0.467 e. The second kappa shape index (κ2) is 6.90. The van der Waals surface area contributed by atoms with Crippen LogP contribution >= 0.6 is 0 Å². The number of nitrogens with one attached hydrogen (secondary N) is 1. The summed E-state index contributed by atoms with van der Waals surface area (Å²) in [5.41, 5.74) is 2.43. The lowest BCUT2D eigenvalue weighted by atomic mass is 10.2. The van der Waals surface area contributed by atoms with E-state index < -0.39 is 6.10 Å². The van der Waals surface area contributed by atoms with Crippen molar-refractivity contribution in [3.8, 4) is 0 Å². The van der Waals surface area contributed by atoms with Crippen molar-refractivity contribution in [2.24, 2.45) is 0 Å². The fourth-order valence-corrected chi connectivity index (χ4v) is 3.70. The molecule has 1 aliphatic rings. The van der Waals surface area contributed by atoms with Gasteiger partial charge in [-0.15, -0.1) is 0 Å². The van der Waals surface area contributed by atoms with E-state index in [2.05, 4.69) is 4.90 Å². The van der Waals surface area contributed by atoms with Crippen molar-refractivity contribution in [1.29, 1.82) is 5.41 Å². The summed E-state index contributed by atoms with van der Waals surface area (Å²) in [6, 6.07) is 11.6. The van der Waals surface area contributed by atoms with Gasteiger partial charge in [0.05, 0.1) is 23.8 Å². The van der Waals surface area contributed by atoms with Crippen molar-refractivity contribution in [3.05, 3.63) is 54.0 Å². The Morgan fingerprint density at radius 3 is 2.40 bits per heavy atom. The van der Waals surface area contributed by atoms with Crippen LogP contribution in [0.2, 0.25) is 0 Å².